The SMILES string of the molecule is Brc1ccccc1.CC1(C)c2cc3[nH]c4ccccc4c3cc2-c2ccc3c4cc5ccccc5cc4c4ccccc4c3c21.CC1(C)c2cc3c(cc2-c2ccc4c5cc6ccccc6cc5c5ccccc5c4c21)c1ccccc1n3-c1ccccc1. The topological polar surface area (TPSA) is 20.7 Å². The molecule has 2 aromatic heterocycles. The summed E-state index contributed by atoms with van der Waals surface area (Å²) >= 11 is 3.31. The molecule has 1 N–H and O–H groups in total. The summed E-state index contributed by atoms with van der Waals surface area (Å²) in [6, 6.07) is 103. The Hall–Kier alpha value is -10.3. The van der Waals surface area contributed by atoms with Gasteiger partial charge in [-0.25, -0.2) is 0 Å². The van der Waals surface area contributed by atoms with Crippen LogP contribution in [0.1, 0.15) is 49.9 Å². The number of fused-ring (bicyclic) bond motifs is 28. The molecule has 16 aromatic carbocycles. The zero-order valence-electron chi connectivity index (χ0n) is 49.9. The summed E-state index contributed by atoms with van der Waals surface area (Å²) < 4.78 is 3.57. The van der Waals surface area contributed by atoms with Crippen LogP contribution in [0.2, 0.25) is 0 Å². The lowest BCUT2D eigenvalue weighted by atomic mass is 9.78. The van der Waals surface area contributed by atoms with Crippen molar-refractivity contribution in [2.75, 3.05) is 0 Å². The molecule has 20 rings (SSSR count). The molecule has 2 aliphatic carbocycles. The summed E-state index contributed by atoms with van der Waals surface area (Å²) in [5.41, 5.74) is 17.0. The minimum Gasteiger partial charge on any atom is -0.355 e. The molecule has 3 heteroatoms. The summed E-state index contributed by atoms with van der Waals surface area (Å²) in [5, 5.41) is 26.5. The second kappa shape index (κ2) is 19.3. The van der Waals surface area contributed by atoms with Crippen molar-refractivity contribution in [2.24, 2.45) is 0 Å². The van der Waals surface area contributed by atoms with E-state index in [0.29, 0.717) is 0 Å². The molecule has 0 bridgehead atoms. The highest BCUT2D eigenvalue weighted by Gasteiger charge is 2.40. The average Bonchev–Trinajstić information content (AvgIpc) is 1.60. The molecule has 0 saturated carbocycles. The van der Waals surface area contributed by atoms with Gasteiger partial charge in [0.1, 0.15) is 0 Å². The van der Waals surface area contributed by atoms with Crippen LogP contribution in [-0.4, -0.2) is 9.55 Å². The number of halogens is 1. The van der Waals surface area contributed by atoms with Crippen molar-refractivity contribution in [1.29, 1.82) is 0 Å². The first-order chi connectivity index (χ1) is 43.6. The summed E-state index contributed by atoms with van der Waals surface area (Å²) in [5.74, 6) is 0. The molecule has 2 nitrogen and oxygen atoms in total. The van der Waals surface area contributed by atoms with E-state index in [1.54, 1.807) is 0 Å². The highest BCUT2D eigenvalue weighted by molar-refractivity contribution is 9.10. The number of nitrogens with zero attached hydrogens (tertiary/aromatic N) is 1. The number of hydrogen-bond donors (Lipinski definition) is 1. The first-order valence-electron chi connectivity index (χ1n) is 31.1. The number of aromatic amines is 1. The number of hydrogen-bond acceptors (Lipinski definition) is 0. The molecule has 0 atom stereocenters. The van der Waals surface area contributed by atoms with Crippen LogP contribution in [0.25, 0.3) is 158 Å². The summed E-state index contributed by atoms with van der Waals surface area (Å²) in [6.07, 6.45) is 0. The third-order valence-electron chi connectivity index (χ3n) is 20.1. The fourth-order valence-corrected chi connectivity index (χ4v) is 16.4. The van der Waals surface area contributed by atoms with Crippen LogP contribution in [0, 0.1) is 0 Å². The van der Waals surface area contributed by atoms with E-state index in [1.807, 2.05) is 30.3 Å². The highest BCUT2D eigenvalue weighted by atomic mass is 79.9. The lowest BCUT2D eigenvalue weighted by molar-refractivity contribution is 0.667. The van der Waals surface area contributed by atoms with Gasteiger partial charge in [0.2, 0.25) is 0 Å². The minimum atomic E-state index is -0.177. The summed E-state index contributed by atoms with van der Waals surface area (Å²) in [4.78, 5) is 3.68. The van der Waals surface area contributed by atoms with Crippen molar-refractivity contribution in [1.82, 2.24) is 9.55 Å². The Labute approximate surface area is 524 Å². The van der Waals surface area contributed by atoms with Gasteiger partial charge in [-0.1, -0.05) is 238 Å². The molecule has 2 aliphatic rings. The maximum Gasteiger partial charge on any atom is 0.0544 e. The Morgan fingerprint density at radius 2 is 0.685 bits per heavy atom. The van der Waals surface area contributed by atoms with E-state index in [1.165, 1.54) is 180 Å². The predicted molar refractivity (Wildman–Crippen MR) is 386 cm³/mol. The Kier molecular flexibility index (Phi) is 11.3. The minimum absolute atomic E-state index is 0.122. The predicted octanol–water partition coefficient (Wildman–Crippen LogP) is 24.4. The van der Waals surface area contributed by atoms with E-state index < -0.39 is 0 Å². The van der Waals surface area contributed by atoms with Gasteiger partial charge in [0, 0.05) is 53.6 Å². The van der Waals surface area contributed by atoms with Crippen molar-refractivity contribution in [3.05, 3.63) is 306 Å². The lowest BCUT2D eigenvalue weighted by Gasteiger charge is -2.25. The van der Waals surface area contributed by atoms with Crippen molar-refractivity contribution in [3.8, 4) is 27.9 Å². The number of benzene rings is 16. The Morgan fingerprint density at radius 3 is 1.20 bits per heavy atom. The Balaban J connectivity index is 0.000000121. The van der Waals surface area contributed by atoms with Gasteiger partial charge in [0.15, 0.2) is 0 Å². The summed E-state index contributed by atoms with van der Waals surface area (Å²) in [6.45, 7) is 9.67. The first kappa shape index (κ1) is 51.9. The van der Waals surface area contributed by atoms with Crippen LogP contribution in [0.3, 0.4) is 0 Å². The quantitative estimate of drug-likeness (QED) is 0.125. The molecule has 0 radical (unpaired) electrons. The first-order valence-corrected chi connectivity index (χ1v) is 31.9. The van der Waals surface area contributed by atoms with Crippen LogP contribution in [-0.2, 0) is 10.8 Å². The van der Waals surface area contributed by atoms with E-state index in [0.717, 1.165) is 4.47 Å². The smallest absolute Gasteiger partial charge is 0.0544 e. The number of rotatable bonds is 1. The van der Waals surface area contributed by atoms with Crippen molar-refractivity contribution < 1.29 is 0 Å². The fraction of sp³-hybridized carbons (Fsp3) is 0.0698. The molecule has 2 heterocycles. The highest BCUT2D eigenvalue weighted by Crippen LogP contribution is 2.57. The van der Waals surface area contributed by atoms with E-state index >= 15 is 0 Å². The standard InChI is InChI=1S/C43H29N.C37H25N.C6H5Br/c1-43(2)38-25-40-37(30-17-10-11-19-39(30)44(40)28-14-4-3-5-15-28)24-36(38)33-21-20-32-35-23-27-13-7-6-12-26(27)22-34(35)29-16-8-9-18-31(29)41(32)42(33)43;1-37(2)32-20-34-31(24-12-7-8-14-33(24)38-34)19-30(32)27-16-15-26-29-18-22-10-4-3-9-21(22)17-28(29)23-11-5-6-13-25(23)35(26)36(27)37;7-6-4-2-1-3-5-6/h3-25H,1-2H3;3-20,38H,1-2H3;1-5H. The number of nitrogens with one attached hydrogen (secondary N) is 1. The monoisotopic (exact) mass is 1200 g/mol. The van der Waals surface area contributed by atoms with Gasteiger partial charge in [0.05, 0.1) is 11.0 Å². The van der Waals surface area contributed by atoms with Crippen LogP contribution < -0.4 is 0 Å². The number of para-hydroxylation sites is 3. The molecule has 18 aromatic rings. The van der Waals surface area contributed by atoms with Gasteiger partial charge in [-0.2, -0.15) is 0 Å². The van der Waals surface area contributed by atoms with Crippen molar-refractivity contribution >= 4 is 146 Å². The largest absolute Gasteiger partial charge is 0.355 e. The zero-order chi connectivity index (χ0) is 59.4. The third-order valence-corrected chi connectivity index (χ3v) is 20.6. The molecule has 0 aliphatic heterocycles. The molecule has 0 unspecified atom stereocenters. The van der Waals surface area contributed by atoms with Gasteiger partial charge < -0.3 is 9.55 Å². The lowest BCUT2D eigenvalue weighted by Crippen LogP contribution is -2.16. The molecular formula is C86H59BrN2. The van der Waals surface area contributed by atoms with Crippen LogP contribution in [0.15, 0.2) is 284 Å². The second-order valence-electron chi connectivity index (χ2n) is 25.7. The van der Waals surface area contributed by atoms with Gasteiger partial charge >= 0.3 is 0 Å². The van der Waals surface area contributed by atoms with E-state index in [2.05, 4.69) is 302 Å². The average molecular weight is 1200 g/mol. The van der Waals surface area contributed by atoms with Gasteiger partial charge in [-0.3, -0.25) is 0 Å². The molecule has 0 saturated heterocycles. The summed E-state index contributed by atoms with van der Waals surface area (Å²) in [7, 11) is 0. The molecule has 0 spiro atoms. The fourth-order valence-electron chi connectivity index (χ4n) is 16.1. The van der Waals surface area contributed by atoms with Crippen molar-refractivity contribution in [2.45, 2.75) is 38.5 Å². The molecule has 89 heavy (non-hydrogen) atoms. The molecule has 0 fully saturated rings. The normalized spacial score (nSPS) is 13.6. The molecular weight excluding hydrogens is 1140 g/mol. The van der Waals surface area contributed by atoms with Gasteiger partial charge in [-0.05, 0) is 216 Å². The number of H-pyrrole nitrogens is 1. The van der Waals surface area contributed by atoms with Crippen LogP contribution in [0.4, 0.5) is 0 Å². The Morgan fingerprint density at radius 1 is 0.281 bits per heavy atom. The van der Waals surface area contributed by atoms with Crippen LogP contribution in [0.5, 0.6) is 0 Å². The molecule has 0 amide bonds. The van der Waals surface area contributed by atoms with E-state index in [9.17, 15) is 0 Å². The number of aromatic nitrogens is 2. The molecule has 420 valence electrons. The van der Waals surface area contributed by atoms with Gasteiger partial charge in [-0.15, -0.1) is 0 Å². The van der Waals surface area contributed by atoms with E-state index in [4.69, 9.17) is 0 Å². The second-order valence-corrected chi connectivity index (χ2v) is 26.6. The maximum atomic E-state index is 3.68. The Bertz CT molecular complexity index is 6040. The van der Waals surface area contributed by atoms with Crippen LogP contribution >= 0.6 is 15.9 Å². The van der Waals surface area contributed by atoms with Gasteiger partial charge in [0.25, 0.3) is 0 Å². The van der Waals surface area contributed by atoms with E-state index in [-0.39, 0.29) is 10.8 Å². The zero-order valence-corrected chi connectivity index (χ0v) is 51.5. The maximum absolute atomic E-state index is 3.68. The van der Waals surface area contributed by atoms with Crippen molar-refractivity contribution in [3.63, 3.8) is 0 Å². The third kappa shape index (κ3) is 7.62.